The molecule has 0 unspecified atom stereocenters. The molecular formula is C14H13Cl2N3O. The van der Waals surface area contributed by atoms with E-state index in [4.69, 9.17) is 23.2 Å². The van der Waals surface area contributed by atoms with Gasteiger partial charge in [-0.25, -0.2) is 4.98 Å². The number of carbonyl (C=O) groups excluding carboxylic acids is 1. The van der Waals surface area contributed by atoms with Crippen LogP contribution in [0.15, 0.2) is 36.5 Å². The first-order valence-electron chi connectivity index (χ1n) is 6.05. The van der Waals surface area contributed by atoms with Gasteiger partial charge in [-0.3, -0.25) is 9.78 Å². The lowest BCUT2D eigenvalue weighted by atomic mass is 10.2. The molecule has 0 aliphatic heterocycles. The molecule has 0 radical (unpaired) electrons. The number of amides is 1. The van der Waals surface area contributed by atoms with E-state index < -0.39 is 0 Å². The lowest BCUT2D eigenvalue weighted by Gasteiger charge is -2.17. The molecule has 2 aromatic heterocycles. The normalized spacial score (nSPS) is 10.3. The molecule has 0 aromatic carbocycles. The highest BCUT2D eigenvalue weighted by atomic mass is 35.5. The zero-order valence-electron chi connectivity index (χ0n) is 10.9. The molecule has 20 heavy (non-hydrogen) atoms. The predicted octanol–water partition coefficient (Wildman–Crippen LogP) is 3.10. The van der Waals surface area contributed by atoms with Crippen molar-refractivity contribution in [1.29, 1.82) is 0 Å². The molecule has 104 valence electrons. The summed E-state index contributed by atoms with van der Waals surface area (Å²) in [5.41, 5.74) is 1.37. The van der Waals surface area contributed by atoms with Gasteiger partial charge in [-0.15, -0.1) is 0 Å². The summed E-state index contributed by atoms with van der Waals surface area (Å²) in [5.74, 6) is -0.146. The average molecular weight is 310 g/mol. The maximum Gasteiger partial charge on any atom is 0.253 e. The Hall–Kier alpha value is -1.65. The van der Waals surface area contributed by atoms with E-state index in [-0.39, 0.29) is 16.2 Å². The summed E-state index contributed by atoms with van der Waals surface area (Å²) in [5, 5.41) is 0.415. The van der Waals surface area contributed by atoms with E-state index >= 15 is 0 Å². The largest absolute Gasteiger partial charge is 0.341 e. The van der Waals surface area contributed by atoms with Crippen LogP contribution < -0.4 is 0 Å². The van der Waals surface area contributed by atoms with Gasteiger partial charge in [0.15, 0.2) is 0 Å². The topological polar surface area (TPSA) is 46.1 Å². The van der Waals surface area contributed by atoms with Gasteiger partial charge in [-0.2, -0.15) is 0 Å². The van der Waals surface area contributed by atoms with Gasteiger partial charge in [0.05, 0.1) is 0 Å². The molecule has 4 nitrogen and oxygen atoms in total. The van der Waals surface area contributed by atoms with Gasteiger partial charge in [0.2, 0.25) is 0 Å². The van der Waals surface area contributed by atoms with Crippen LogP contribution in [-0.2, 0) is 6.42 Å². The summed E-state index contributed by atoms with van der Waals surface area (Å²) in [6, 6.07) is 8.73. The number of hydrogen-bond acceptors (Lipinski definition) is 3. The summed E-state index contributed by atoms with van der Waals surface area (Å²) in [6.07, 6.45) is 2.43. The van der Waals surface area contributed by atoms with Gasteiger partial charge in [0, 0.05) is 37.5 Å². The molecule has 0 bridgehead atoms. The van der Waals surface area contributed by atoms with E-state index in [0.29, 0.717) is 18.5 Å². The molecule has 0 atom stereocenters. The second-order valence-corrected chi connectivity index (χ2v) is 5.07. The maximum absolute atomic E-state index is 12.2. The molecule has 6 heteroatoms. The Morgan fingerprint density at radius 1 is 1.25 bits per heavy atom. The second-order valence-electron chi connectivity index (χ2n) is 4.30. The number of halogens is 2. The lowest BCUT2D eigenvalue weighted by molar-refractivity contribution is 0.0796. The number of pyridine rings is 2. The van der Waals surface area contributed by atoms with Crippen LogP contribution in [0.2, 0.25) is 10.3 Å². The van der Waals surface area contributed by atoms with Crippen molar-refractivity contribution < 1.29 is 4.79 Å². The summed E-state index contributed by atoms with van der Waals surface area (Å²) in [6.45, 7) is 0.563. The Morgan fingerprint density at radius 3 is 2.55 bits per heavy atom. The highest BCUT2D eigenvalue weighted by Gasteiger charge is 2.13. The van der Waals surface area contributed by atoms with Gasteiger partial charge in [-0.1, -0.05) is 29.3 Å². The molecule has 0 saturated carbocycles. The average Bonchev–Trinajstić information content (AvgIpc) is 2.44. The summed E-state index contributed by atoms with van der Waals surface area (Å²) < 4.78 is 0. The highest BCUT2D eigenvalue weighted by molar-refractivity contribution is 6.33. The molecule has 2 aromatic rings. The van der Waals surface area contributed by atoms with E-state index in [1.54, 1.807) is 18.1 Å². The lowest BCUT2D eigenvalue weighted by Crippen LogP contribution is -2.29. The van der Waals surface area contributed by atoms with Crippen LogP contribution in [0.5, 0.6) is 0 Å². The zero-order chi connectivity index (χ0) is 14.5. The van der Waals surface area contributed by atoms with E-state index in [9.17, 15) is 4.79 Å². The molecule has 2 rings (SSSR count). The number of carbonyl (C=O) groups is 1. The van der Waals surface area contributed by atoms with E-state index in [0.717, 1.165) is 5.69 Å². The minimum atomic E-state index is -0.146. The number of likely N-dealkylation sites (N-methyl/N-ethyl adjacent to an activating group) is 1. The summed E-state index contributed by atoms with van der Waals surface area (Å²) in [4.78, 5) is 21.9. The molecule has 0 saturated heterocycles. The Bertz CT molecular complexity index is 584. The maximum atomic E-state index is 12.2. The van der Waals surface area contributed by atoms with Crippen molar-refractivity contribution in [3.63, 3.8) is 0 Å². The molecule has 0 spiro atoms. The number of aromatic nitrogens is 2. The van der Waals surface area contributed by atoms with Crippen molar-refractivity contribution in [3.8, 4) is 0 Å². The van der Waals surface area contributed by atoms with Crippen LogP contribution in [0.4, 0.5) is 0 Å². The first-order chi connectivity index (χ1) is 9.56. The predicted molar refractivity (Wildman–Crippen MR) is 79.2 cm³/mol. The van der Waals surface area contributed by atoms with Crippen LogP contribution >= 0.6 is 23.2 Å². The fourth-order valence-corrected chi connectivity index (χ4v) is 2.20. The van der Waals surface area contributed by atoms with Crippen molar-refractivity contribution in [2.75, 3.05) is 13.6 Å². The molecule has 0 aliphatic carbocycles. The van der Waals surface area contributed by atoms with Gasteiger partial charge < -0.3 is 4.90 Å². The molecular weight excluding hydrogens is 297 g/mol. The highest BCUT2D eigenvalue weighted by Crippen LogP contribution is 2.16. The van der Waals surface area contributed by atoms with Crippen LogP contribution in [0.1, 0.15) is 16.1 Å². The first-order valence-corrected chi connectivity index (χ1v) is 6.80. The Labute approximate surface area is 127 Å². The van der Waals surface area contributed by atoms with Crippen molar-refractivity contribution >= 4 is 29.1 Å². The Balaban J connectivity index is 2.01. The van der Waals surface area contributed by atoms with Gasteiger partial charge >= 0.3 is 0 Å². The standard InChI is InChI=1S/C14H13Cl2N3O/c1-19(7-5-11-4-2-3-6-17-11)14(20)10-8-12(15)18-13(16)9-10/h2-4,6,8-9H,5,7H2,1H3. The van der Waals surface area contributed by atoms with Gasteiger partial charge in [0.1, 0.15) is 10.3 Å². The van der Waals surface area contributed by atoms with E-state index in [1.807, 2.05) is 18.2 Å². The summed E-state index contributed by atoms with van der Waals surface area (Å²) >= 11 is 11.6. The smallest absolute Gasteiger partial charge is 0.253 e. The van der Waals surface area contributed by atoms with Crippen molar-refractivity contribution in [3.05, 3.63) is 58.1 Å². The zero-order valence-corrected chi connectivity index (χ0v) is 12.4. The quantitative estimate of drug-likeness (QED) is 0.815. The fourth-order valence-electron chi connectivity index (χ4n) is 1.74. The van der Waals surface area contributed by atoms with Crippen molar-refractivity contribution in [2.45, 2.75) is 6.42 Å². The fraction of sp³-hybridized carbons (Fsp3) is 0.214. The van der Waals surface area contributed by atoms with Crippen LogP contribution in [-0.4, -0.2) is 34.4 Å². The third-order valence-electron chi connectivity index (χ3n) is 2.79. The molecule has 2 heterocycles. The number of nitrogens with zero attached hydrogens (tertiary/aromatic N) is 3. The Morgan fingerprint density at radius 2 is 1.95 bits per heavy atom. The third-order valence-corrected chi connectivity index (χ3v) is 3.17. The van der Waals surface area contributed by atoms with Gasteiger partial charge in [0.25, 0.3) is 5.91 Å². The number of rotatable bonds is 4. The first kappa shape index (κ1) is 14.8. The second kappa shape index (κ2) is 6.68. The van der Waals surface area contributed by atoms with Crippen molar-refractivity contribution in [2.24, 2.45) is 0 Å². The Kier molecular flexibility index (Phi) is 4.93. The van der Waals surface area contributed by atoms with Gasteiger partial charge in [-0.05, 0) is 24.3 Å². The molecule has 0 fully saturated rings. The number of hydrogen-bond donors (Lipinski definition) is 0. The third kappa shape index (κ3) is 3.92. The molecule has 0 aliphatic rings. The molecule has 1 amide bonds. The minimum Gasteiger partial charge on any atom is -0.341 e. The van der Waals surface area contributed by atoms with Crippen LogP contribution in [0.3, 0.4) is 0 Å². The molecule has 0 N–H and O–H groups in total. The SMILES string of the molecule is CN(CCc1ccccn1)C(=O)c1cc(Cl)nc(Cl)c1. The van der Waals surface area contributed by atoms with Crippen molar-refractivity contribution in [1.82, 2.24) is 14.9 Å². The minimum absolute atomic E-state index is 0.146. The van der Waals surface area contributed by atoms with E-state index in [2.05, 4.69) is 9.97 Å². The van der Waals surface area contributed by atoms with Crippen LogP contribution in [0, 0.1) is 0 Å². The van der Waals surface area contributed by atoms with E-state index in [1.165, 1.54) is 12.1 Å². The summed E-state index contributed by atoms with van der Waals surface area (Å²) in [7, 11) is 1.73. The van der Waals surface area contributed by atoms with Crippen LogP contribution in [0.25, 0.3) is 0 Å². The monoisotopic (exact) mass is 309 g/mol.